The third kappa shape index (κ3) is 5.60. The molecular formula is C27H22F2N6O3S. The minimum absolute atomic E-state index is 0.00792. The quantitative estimate of drug-likeness (QED) is 0.257. The van der Waals surface area contributed by atoms with E-state index in [9.17, 15) is 23.2 Å². The van der Waals surface area contributed by atoms with E-state index in [4.69, 9.17) is 10.7 Å². The van der Waals surface area contributed by atoms with Crippen LogP contribution in [0.4, 0.5) is 8.78 Å². The van der Waals surface area contributed by atoms with Gasteiger partial charge in [0.25, 0.3) is 11.5 Å². The van der Waals surface area contributed by atoms with Crippen molar-refractivity contribution in [2.75, 3.05) is 0 Å². The molecule has 5 aromatic rings. The topological polar surface area (TPSA) is 136 Å². The Hall–Kier alpha value is -4.71. The minimum Gasteiger partial charge on any atom is -0.370 e. The molecule has 4 heterocycles. The van der Waals surface area contributed by atoms with Crippen LogP contribution in [0.5, 0.6) is 0 Å². The first-order chi connectivity index (χ1) is 18.8. The monoisotopic (exact) mass is 548 g/mol. The van der Waals surface area contributed by atoms with Crippen molar-refractivity contribution in [3.05, 3.63) is 105 Å². The lowest BCUT2D eigenvalue weighted by atomic mass is 10.1. The molecule has 0 saturated carbocycles. The summed E-state index contributed by atoms with van der Waals surface area (Å²) in [5.74, 6) is -3.23. The van der Waals surface area contributed by atoms with Gasteiger partial charge in [0.05, 0.1) is 18.3 Å². The van der Waals surface area contributed by atoms with Crippen molar-refractivity contribution in [3.8, 4) is 11.3 Å². The molecule has 2 amide bonds. The van der Waals surface area contributed by atoms with Crippen molar-refractivity contribution < 1.29 is 18.4 Å². The molecule has 4 N–H and O–H groups in total. The van der Waals surface area contributed by atoms with Crippen molar-refractivity contribution in [1.29, 1.82) is 0 Å². The summed E-state index contributed by atoms with van der Waals surface area (Å²) in [4.78, 5) is 49.9. The molecule has 0 aliphatic rings. The summed E-state index contributed by atoms with van der Waals surface area (Å²) in [7, 11) is 0. The van der Waals surface area contributed by atoms with Crippen molar-refractivity contribution in [2.24, 2.45) is 5.73 Å². The number of nitrogens with zero attached hydrogens (tertiary/aromatic N) is 3. The van der Waals surface area contributed by atoms with Crippen LogP contribution in [0, 0.1) is 11.6 Å². The molecule has 0 spiro atoms. The number of primary amides is 1. The Bertz CT molecular complexity index is 1740. The lowest BCUT2D eigenvalue weighted by molar-refractivity contribution is -0.118. The zero-order valence-corrected chi connectivity index (χ0v) is 21.2. The number of halogens is 2. The number of rotatable bonds is 9. The first-order valence-electron chi connectivity index (χ1n) is 11.9. The molecule has 0 aliphatic heterocycles. The van der Waals surface area contributed by atoms with Crippen LogP contribution in [0.15, 0.2) is 71.2 Å². The van der Waals surface area contributed by atoms with E-state index in [0.29, 0.717) is 21.9 Å². The Morgan fingerprint density at radius 1 is 1.15 bits per heavy atom. The van der Waals surface area contributed by atoms with Crippen LogP contribution in [-0.4, -0.2) is 31.3 Å². The number of hydrogen-bond donors (Lipinski definition) is 3. The number of aromatic amines is 1. The van der Waals surface area contributed by atoms with Crippen molar-refractivity contribution in [2.45, 2.75) is 25.4 Å². The molecule has 0 aliphatic carbocycles. The standard InChI is InChI=1S/C27H22F2N6O3S/c28-19-6-5-15(11-20(19)29)13-35-10-2-4-17(27(35)38)25(37)33-21(7-8-23(30)36)26-34-22(14-39-26)18-12-32-24-16(18)3-1-9-31-24/h1-6,9-12,14,21H,7-8,13H2,(H2,30,36)(H,31,32)(H,33,37)/t21-/m1/s1. The number of nitrogens with two attached hydrogens (primary N) is 1. The fraction of sp³-hybridized carbons (Fsp3) is 0.148. The molecule has 12 heteroatoms. The zero-order chi connectivity index (χ0) is 27.5. The maximum absolute atomic E-state index is 13.6. The maximum Gasteiger partial charge on any atom is 0.263 e. The van der Waals surface area contributed by atoms with Gasteiger partial charge in [-0.15, -0.1) is 11.3 Å². The Labute approximate surface area is 224 Å². The smallest absolute Gasteiger partial charge is 0.263 e. The third-order valence-electron chi connectivity index (χ3n) is 6.13. The second-order valence-electron chi connectivity index (χ2n) is 8.81. The fourth-order valence-electron chi connectivity index (χ4n) is 4.19. The van der Waals surface area contributed by atoms with E-state index < -0.39 is 35.0 Å². The molecule has 0 saturated heterocycles. The SMILES string of the molecule is NC(=O)CC[C@@H](NC(=O)c1cccn(Cc2ccc(F)c(F)c2)c1=O)c1nc(-c2c[nH]c3ncccc23)cs1. The van der Waals surface area contributed by atoms with Gasteiger partial charge in [-0.3, -0.25) is 14.4 Å². The van der Waals surface area contributed by atoms with Crippen molar-refractivity contribution in [3.63, 3.8) is 0 Å². The molecule has 39 heavy (non-hydrogen) atoms. The van der Waals surface area contributed by atoms with E-state index in [2.05, 4.69) is 15.3 Å². The Morgan fingerprint density at radius 2 is 2.00 bits per heavy atom. The van der Waals surface area contributed by atoms with E-state index >= 15 is 0 Å². The highest BCUT2D eigenvalue weighted by Gasteiger charge is 2.23. The highest BCUT2D eigenvalue weighted by molar-refractivity contribution is 7.10. The first kappa shape index (κ1) is 25.9. The molecule has 0 fully saturated rings. The van der Waals surface area contributed by atoms with Crippen LogP contribution in [0.3, 0.4) is 0 Å². The lowest BCUT2D eigenvalue weighted by Gasteiger charge is -2.16. The molecule has 9 nitrogen and oxygen atoms in total. The van der Waals surface area contributed by atoms with Crippen LogP contribution >= 0.6 is 11.3 Å². The normalized spacial score (nSPS) is 11.9. The van der Waals surface area contributed by atoms with Gasteiger partial charge in [-0.2, -0.15) is 0 Å². The fourth-order valence-corrected chi connectivity index (χ4v) is 5.09. The summed E-state index contributed by atoms with van der Waals surface area (Å²) in [5.41, 5.74) is 7.17. The summed E-state index contributed by atoms with van der Waals surface area (Å²) in [5, 5.41) is 6.07. The summed E-state index contributed by atoms with van der Waals surface area (Å²) >= 11 is 1.30. The van der Waals surface area contributed by atoms with Gasteiger partial charge in [0.15, 0.2) is 11.6 Å². The zero-order valence-electron chi connectivity index (χ0n) is 20.4. The third-order valence-corrected chi connectivity index (χ3v) is 7.09. The van der Waals surface area contributed by atoms with Crippen LogP contribution in [0.1, 0.15) is 39.8 Å². The summed E-state index contributed by atoms with van der Waals surface area (Å²) in [6.45, 7) is -0.0580. The number of carbonyl (C=O) groups is 2. The predicted molar refractivity (Wildman–Crippen MR) is 142 cm³/mol. The summed E-state index contributed by atoms with van der Waals surface area (Å²) in [6.07, 6.45) is 5.10. The maximum atomic E-state index is 13.6. The Balaban J connectivity index is 1.40. The number of aromatic nitrogens is 4. The number of fused-ring (bicyclic) bond motifs is 1. The van der Waals surface area contributed by atoms with Crippen LogP contribution < -0.4 is 16.6 Å². The number of carbonyl (C=O) groups excluding carboxylic acids is 2. The molecule has 1 aromatic carbocycles. The average molecular weight is 549 g/mol. The first-order valence-corrected chi connectivity index (χ1v) is 12.8. The predicted octanol–water partition coefficient (Wildman–Crippen LogP) is 3.91. The van der Waals surface area contributed by atoms with Gasteiger partial charge in [0.2, 0.25) is 5.91 Å². The van der Waals surface area contributed by atoms with Gasteiger partial charge in [-0.25, -0.2) is 18.7 Å². The number of H-pyrrole nitrogens is 1. The Kier molecular flexibility index (Phi) is 7.28. The van der Waals surface area contributed by atoms with Gasteiger partial charge < -0.3 is 20.6 Å². The summed E-state index contributed by atoms with van der Waals surface area (Å²) in [6, 6.07) is 9.27. The highest BCUT2D eigenvalue weighted by atomic mass is 32.1. The molecule has 4 aromatic heterocycles. The van der Waals surface area contributed by atoms with E-state index in [0.717, 1.165) is 23.1 Å². The van der Waals surface area contributed by atoms with Gasteiger partial charge in [-0.05, 0) is 48.4 Å². The second-order valence-corrected chi connectivity index (χ2v) is 9.70. The van der Waals surface area contributed by atoms with Gasteiger partial charge in [0.1, 0.15) is 16.2 Å². The van der Waals surface area contributed by atoms with E-state index in [-0.39, 0.29) is 24.9 Å². The van der Waals surface area contributed by atoms with E-state index in [1.807, 2.05) is 17.5 Å². The molecule has 0 bridgehead atoms. The number of hydrogen-bond acceptors (Lipinski definition) is 6. The molecular weight excluding hydrogens is 526 g/mol. The van der Waals surface area contributed by atoms with E-state index in [1.165, 1.54) is 40.3 Å². The van der Waals surface area contributed by atoms with Crippen molar-refractivity contribution >= 4 is 34.2 Å². The molecule has 198 valence electrons. The summed E-state index contributed by atoms with van der Waals surface area (Å²) < 4.78 is 28.1. The highest BCUT2D eigenvalue weighted by Crippen LogP contribution is 2.31. The average Bonchev–Trinajstić information content (AvgIpc) is 3.57. The number of benzene rings is 1. The molecule has 5 rings (SSSR count). The van der Waals surface area contributed by atoms with Crippen LogP contribution in [0.2, 0.25) is 0 Å². The van der Waals surface area contributed by atoms with Gasteiger partial charge >= 0.3 is 0 Å². The lowest BCUT2D eigenvalue weighted by Crippen LogP contribution is -2.35. The number of thiazole rings is 1. The molecule has 1 atom stereocenters. The molecule has 0 unspecified atom stereocenters. The number of amides is 2. The molecule has 0 radical (unpaired) electrons. The largest absolute Gasteiger partial charge is 0.370 e. The van der Waals surface area contributed by atoms with E-state index in [1.54, 1.807) is 12.4 Å². The second kappa shape index (κ2) is 11.0. The minimum atomic E-state index is -1.03. The van der Waals surface area contributed by atoms with Gasteiger partial charge in [-0.1, -0.05) is 6.07 Å². The van der Waals surface area contributed by atoms with Crippen LogP contribution in [-0.2, 0) is 11.3 Å². The van der Waals surface area contributed by atoms with Crippen LogP contribution in [0.25, 0.3) is 22.3 Å². The Morgan fingerprint density at radius 3 is 2.79 bits per heavy atom. The van der Waals surface area contributed by atoms with Gasteiger partial charge in [0, 0.05) is 41.3 Å². The van der Waals surface area contributed by atoms with Crippen molar-refractivity contribution in [1.82, 2.24) is 24.8 Å². The number of nitrogens with one attached hydrogen (secondary N) is 2. The number of pyridine rings is 2.